The van der Waals surface area contributed by atoms with Gasteiger partial charge in [-0.2, -0.15) is 23.4 Å². The topological polar surface area (TPSA) is 81.3 Å². The number of rotatable bonds is 9. The number of benzene rings is 3. The van der Waals surface area contributed by atoms with Crippen LogP contribution < -0.4 is 9.47 Å². The van der Waals surface area contributed by atoms with E-state index in [2.05, 4.69) is 16.2 Å². The molecule has 7 rings (SSSR count). The number of nitrogens with zero attached hydrogens (tertiary/aromatic N) is 5. The van der Waals surface area contributed by atoms with Gasteiger partial charge in [-0.25, -0.2) is 14.5 Å². The molecule has 5 aromatic rings. The van der Waals surface area contributed by atoms with Crippen molar-refractivity contribution in [3.8, 4) is 22.8 Å². The molecule has 268 valence electrons. The average molecular weight is 708 g/mol. The Bertz CT molecular complexity index is 2140. The van der Waals surface area contributed by atoms with Crippen molar-refractivity contribution in [3.63, 3.8) is 0 Å². The summed E-state index contributed by atoms with van der Waals surface area (Å²) in [6.45, 7) is 9.02. The highest BCUT2D eigenvalue weighted by Gasteiger charge is 2.45. The molecule has 52 heavy (non-hydrogen) atoms. The Morgan fingerprint density at radius 1 is 0.923 bits per heavy atom. The van der Waals surface area contributed by atoms with Gasteiger partial charge in [0.15, 0.2) is 17.0 Å². The Morgan fingerprint density at radius 2 is 1.58 bits per heavy atom. The van der Waals surface area contributed by atoms with Gasteiger partial charge in [0.05, 0.1) is 30.7 Å². The van der Waals surface area contributed by atoms with Gasteiger partial charge >= 0.3 is 6.18 Å². The molecule has 1 aliphatic heterocycles. The van der Waals surface area contributed by atoms with Crippen molar-refractivity contribution in [1.29, 1.82) is 0 Å². The molecule has 3 heterocycles. The predicted molar refractivity (Wildman–Crippen MR) is 194 cm³/mol. The first-order chi connectivity index (χ1) is 25.0. The first kappa shape index (κ1) is 35.0. The SMILES string of the molecule is CCOc1ccc(/C=C2\CCCC3C2=NN(C(=O)c2cc4nc(-c5ccc(C(C)C)cc5)cc(C(F)(F)F)n4n2)C3c2ccc(OCC)cc2)cc1. The number of alkyl halides is 3. The van der Waals surface area contributed by atoms with Crippen LogP contribution in [0.4, 0.5) is 13.2 Å². The molecule has 1 saturated carbocycles. The number of fused-ring (bicyclic) bond motifs is 2. The van der Waals surface area contributed by atoms with Gasteiger partial charge in [-0.3, -0.25) is 4.79 Å². The molecule has 0 bridgehead atoms. The number of carbonyl (C=O) groups excluding carboxylic acids is 1. The van der Waals surface area contributed by atoms with Crippen LogP contribution in [0.1, 0.15) is 91.8 Å². The largest absolute Gasteiger partial charge is 0.494 e. The van der Waals surface area contributed by atoms with E-state index in [-0.39, 0.29) is 28.9 Å². The first-order valence-electron chi connectivity index (χ1n) is 17.7. The number of aromatic nitrogens is 3. The van der Waals surface area contributed by atoms with Gasteiger partial charge in [-0.05, 0) is 97.7 Å². The molecular formula is C41H40F3N5O3. The van der Waals surface area contributed by atoms with Crippen LogP contribution in [0.25, 0.3) is 23.0 Å². The second-order valence-corrected chi connectivity index (χ2v) is 13.4. The quantitative estimate of drug-likeness (QED) is 0.152. The van der Waals surface area contributed by atoms with Gasteiger partial charge in [-0.15, -0.1) is 0 Å². The molecule has 1 fully saturated rings. The summed E-state index contributed by atoms with van der Waals surface area (Å²) < 4.78 is 55.5. The highest BCUT2D eigenvalue weighted by molar-refractivity contribution is 6.09. The van der Waals surface area contributed by atoms with Gasteiger partial charge in [0.1, 0.15) is 11.5 Å². The Kier molecular flexibility index (Phi) is 9.61. The van der Waals surface area contributed by atoms with E-state index < -0.39 is 23.8 Å². The van der Waals surface area contributed by atoms with Gasteiger partial charge in [-0.1, -0.05) is 62.4 Å². The lowest BCUT2D eigenvalue weighted by Gasteiger charge is -2.29. The third-order valence-corrected chi connectivity index (χ3v) is 9.58. The van der Waals surface area contributed by atoms with Gasteiger partial charge in [0.2, 0.25) is 0 Å². The number of allylic oxidation sites excluding steroid dienone is 1. The van der Waals surface area contributed by atoms with Crippen LogP contribution >= 0.6 is 0 Å². The van der Waals surface area contributed by atoms with Gasteiger partial charge in [0.25, 0.3) is 5.91 Å². The van der Waals surface area contributed by atoms with Crippen LogP contribution in [0.2, 0.25) is 0 Å². The van der Waals surface area contributed by atoms with Crippen LogP contribution in [0, 0.1) is 5.92 Å². The summed E-state index contributed by atoms with van der Waals surface area (Å²) in [6, 6.07) is 24.5. The fourth-order valence-corrected chi connectivity index (χ4v) is 7.04. The second kappa shape index (κ2) is 14.3. The Balaban J connectivity index is 1.30. The molecule has 1 amide bonds. The third-order valence-electron chi connectivity index (χ3n) is 9.58. The van der Waals surface area contributed by atoms with E-state index >= 15 is 0 Å². The maximum absolute atomic E-state index is 14.5. The standard InChI is InChI=1S/C41H40F3N5O3/c1-5-51-31-18-10-26(11-19-31)22-30-8-7-9-33-38(30)47-49(39(33)29-16-20-32(21-17-29)52-6-2)40(50)35-24-37-45-34(23-36(41(42,43)44)48(37)46-35)28-14-12-27(13-15-28)25(3)4/h10-25,33,39H,5-9H2,1-4H3/b30-22+. The minimum Gasteiger partial charge on any atom is -0.494 e. The zero-order valence-electron chi connectivity index (χ0n) is 29.5. The van der Waals surface area contributed by atoms with Crippen molar-refractivity contribution >= 4 is 23.3 Å². The predicted octanol–water partition coefficient (Wildman–Crippen LogP) is 9.77. The summed E-state index contributed by atoms with van der Waals surface area (Å²) in [5, 5.41) is 10.6. The fraction of sp³-hybridized carbons (Fsp3) is 0.317. The highest BCUT2D eigenvalue weighted by atomic mass is 19.4. The molecule has 0 saturated heterocycles. The summed E-state index contributed by atoms with van der Waals surface area (Å²) >= 11 is 0. The average Bonchev–Trinajstić information content (AvgIpc) is 3.75. The summed E-state index contributed by atoms with van der Waals surface area (Å²) in [5.41, 5.74) is 4.06. The van der Waals surface area contributed by atoms with Crippen molar-refractivity contribution < 1.29 is 27.4 Å². The smallest absolute Gasteiger partial charge is 0.433 e. The summed E-state index contributed by atoms with van der Waals surface area (Å²) in [6.07, 6.45) is -0.228. The maximum atomic E-state index is 14.5. The molecule has 0 radical (unpaired) electrons. The molecule has 11 heteroatoms. The molecule has 2 aliphatic rings. The number of halogens is 3. The molecule has 1 aliphatic carbocycles. The Hall–Kier alpha value is -5.45. The first-order valence-corrected chi connectivity index (χ1v) is 17.7. The van der Waals surface area contributed by atoms with Crippen LogP contribution in [-0.4, -0.2) is 44.4 Å². The second-order valence-electron chi connectivity index (χ2n) is 13.4. The molecule has 0 N–H and O–H groups in total. The number of hydrogen-bond acceptors (Lipinski definition) is 6. The van der Waals surface area contributed by atoms with E-state index in [0.29, 0.717) is 29.0 Å². The molecular weight excluding hydrogens is 667 g/mol. The normalized spacial score (nSPS) is 18.2. The fourth-order valence-electron chi connectivity index (χ4n) is 7.04. The zero-order chi connectivity index (χ0) is 36.6. The molecule has 0 spiro atoms. The molecule has 8 nitrogen and oxygen atoms in total. The zero-order valence-corrected chi connectivity index (χ0v) is 29.5. The van der Waals surface area contributed by atoms with Crippen LogP contribution in [0.3, 0.4) is 0 Å². The number of hydrogen-bond donors (Lipinski definition) is 0. The number of hydrazone groups is 1. The van der Waals surface area contributed by atoms with Crippen LogP contribution in [0.15, 0.2) is 95.6 Å². The number of ether oxygens (including phenoxy) is 2. The Labute approximate surface area is 300 Å². The van der Waals surface area contributed by atoms with Crippen molar-refractivity contribution in [2.24, 2.45) is 11.0 Å². The molecule has 2 aromatic heterocycles. The Morgan fingerprint density at radius 3 is 2.19 bits per heavy atom. The van der Waals surface area contributed by atoms with E-state index in [4.69, 9.17) is 14.6 Å². The summed E-state index contributed by atoms with van der Waals surface area (Å²) in [7, 11) is 0. The molecule has 3 aromatic carbocycles. The van der Waals surface area contributed by atoms with Crippen molar-refractivity contribution in [2.75, 3.05) is 13.2 Å². The number of amides is 1. The van der Waals surface area contributed by atoms with E-state index in [1.807, 2.05) is 88.4 Å². The summed E-state index contributed by atoms with van der Waals surface area (Å²) in [4.78, 5) is 19.0. The van der Waals surface area contributed by atoms with Crippen LogP contribution in [-0.2, 0) is 6.18 Å². The lowest BCUT2D eigenvalue weighted by Crippen LogP contribution is -2.32. The summed E-state index contributed by atoms with van der Waals surface area (Å²) in [5.74, 6) is 1.00. The third kappa shape index (κ3) is 6.91. The van der Waals surface area contributed by atoms with Gasteiger partial charge in [0, 0.05) is 17.5 Å². The van der Waals surface area contributed by atoms with Crippen LogP contribution in [0.5, 0.6) is 11.5 Å². The van der Waals surface area contributed by atoms with E-state index in [1.54, 1.807) is 12.1 Å². The van der Waals surface area contributed by atoms with Gasteiger partial charge < -0.3 is 9.47 Å². The van der Waals surface area contributed by atoms with E-state index in [1.165, 1.54) is 11.1 Å². The lowest BCUT2D eigenvalue weighted by atomic mass is 9.77. The highest BCUT2D eigenvalue weighted by Crippen LogP contribution is 2.45. The van der Waals surface area contributed by atoms with Crippen molar-refractivity contribution in [1.82, 2.24) is 19.6 Å². The molecule has 2 unspecified atom stereocenters. The van der Waals surface area contributed by atoms with Crippen molar-refractivity contribution in [2.45, 2.75) is 65.1 Å². The van der Waals surface area contributed by atoms with Crippen molar-refractivity contribution in [3.05, 3.63) is 119 Å². The minimum absolute atomic E-state index is 0.0842. The van der Waals surface area contributed by atoms with E-state index in [9.17, 15) is 18.0 Å². The molecule has 2 atom stereocenters. The minimum atomic E-state index is -4.76. The maximum Gasteiger partial charge on any atom is 0.433 e. The van der Waals surface area contributed by atoms with E-state index in [0.717, 1.165) is 59.1 Å². The number of carbonyl (C=O) groups is 1. The monoisotopic (exact) mass is 707 g/mol. The lowest BCUT2D eigenvalue weighted by molar-refractivity contribution is -0.142.